The molecule has 34 heavy (non-hydrogen) atoms. The van der Waals surface area contributed by atoms with Gasteiger partial charge in [-0.15, -0.1) is 11.3 Å². The second-order valence-corrected chi connectivity index (χ2v) is 9.30. The number of benzene rings is 2. The second kappa shape index (κ2) is 10.3. The summed E-state index contributed by atoms with van der Waals surface area (Å²) in [7, 11) is 0. The average molecular weight is 486 g/mol. The minimum atomic E-state index is -1.03. The first-order valence-electron chi connectivity index (χ1n) is 11.1. The summed E-state index contributed by atoms with van der Waals surface area (Å²) in [4.78, 5) is 31.6. The van der Waals surface area contributed by atoms with E-state index in [1.54, 1.807) is 17.5 Å². The van der Waals surface area contributed by atoms with Crippen LogP contribution < -0.4 is 10.1 Å². The van der Waals surface area contributed by atoms with Crippen molar-refractivity contribution >= 4 is 28.8 Å². The molecular formula is C25H25F2N3O3S. The minimum absolute atomic E-state index is 0.0136. The van der Waals surface area contributed by atoms with Crippen LogP contribution >= 0.6 is 11.3 Å². The van der Waals surface area contributed by atoms with Crippen LogP contribution in [0.1, 0.15) is 58.5 Å². The van der Waals surface area contributed by atoms with Gasteiger partial charge < -0.3 is 15.0 Å². The fourth-order valence-electron chi connectivity index (χ4n) is 3.81. The minimum Gasteiger partial charge on any atom is -0.491 e. The molecule has 1 aliphatic rings. The van der Waals surface area contributed by atoms with E-state index in [2.05, 4.69) is 10.3 Å². The molecule has 9 heteroatoms. The lowest BCUT2D eigenvalue weighted by atomic mass is 9.97. The van der Waals surface area contributed by atoms with Crippen LogP contribution in [-0.4, -0.2) is 40.9 Å². The maximum atomic E-state index is 13.4. The molecule has 0 aliphatic carbocycles. The highest BCUT2D eigenvalue weighted by atomic mass is 32.1. The molecule has 1 N–H and O–H groups in total. The summed E-state index contributed by atoms with van der Waals surface area (Å²) in [6.45, 7) is 5.11. The normalized spacial score (nSPS) is 14.3. The number of piperidine rings is 1. The average Bonchev–Trinajstić information content (AvgIpc) is 3.32. The predicted octanol–water partition coefficient (Wildman–Crippen LogP) is 5.48. The van der Waals surface area contributed by atoms with Crippen molar-refractivity contribution < 1.29 is 23.1 Å². The van der Waals surface area contributed by atoms with Crippen LogP contribution in [0.2, 0.25) is 0 Å². The molecular weight excluding hydrogens is 460 g/mol. The highest BCUT2D eigenvalue weighted by Crippen LogP contribution is 2.31. The lowest BCUT2D eigenvalue weighted by Crippen LogP contribution is -2.37. The highest BCUT2D eigenvalue weighted by molar-refractivity contribution is 7.10. The molecule has 0 atom stereocenters. The van der Waals surface area contributed by atoms with Crippen LogP contribution in [0.3, 0.4) is 0 Å². The van der Waals surface area contributed by atoms with Gasteiger partial charge in [0.15, 0.2) is 11.6 Å². The molecule has 3 aromatic rings. The third-order valence-corrected chi connectivity index (χ3v) is 6.54. The Morgan fingerprint density at radius 2 is 1.79 bits per heavy atom. The first-order chi connectivity index (χ1) is 16.3. The van der Waals surface area contributed by atoms with Crippen molar-refractivity contribution in [1.29, 1.82) is 0 Å². The van der Waals surface area contributed by atoms with Crippen molar-refractivity contribution in [2.24, 2.45) is 0 Å². The Labute approximate surface area is 200 Å². The molecule has 2 amide bonds. The van der Waals surface area contributed by atoms with E-state index >= 15 is 0 Å². The summed E-state index contributed by atoms with van der Waals surface area (Å²) < 4.78 is 32.1. The summed E-state index contributed by atoms with van der Waals surface area (Å²) in [6, 6.07) is 10.4. The number of aromatic nitrogens is 1. The van der Waals surface area contributed by atoms with Crippen LogP contribution in [0.5, 0.6) is 5.75 Å². The topological polar surface area (TPSA) is 71.5 Å². The van der Waals surface area contributed by atoms with Gasteiger partial charge in [-0.3, -0.25) is 9.59 Å². The van der Waals surface area contributed by atoms with Crippen LogP contribution in [0.25, 0.3) is 0 Å². The molecule has 2 aromatic carbocycles. The number of carbonyl (C=O) groups is 2. The Kier molecular flexibility index (Phi) is 7.21. The van der Waals surface area contributed by atoms with Gasteiger partial charge in [-0.05, 0) is 63.1 Å². The zero-order valence-electron chi connectivity index (χ0n) is 18.9. The van der Waals surface area contributed by atoms with Crippen molar-refractivity contribution in [1.82, 2.24) is 9.88 Å². The molecule has 1 fully saturated rings. The van der Waals surface area contributed by atoms with Crippen molar-refractivity contribution in [3.8, 4) is 5.75 Å². The summed E-state index contributed by atoms with van der Waals surface area (Å²) in [6.07, 6.45) is 1.57. The van der Waals surface area contributed by atoms with Crippen molar-refractivity contribution in [3.05, 3.63) is 75.7 Å². The van der Waals surface area contributed by atoms with Gasteiger partial charge in [0.25, 0.3) is 11.8 Å². The fourth-order valence-corrected chi connectivity index (χ4v) is 4.78. The third-order valence-electron chi connectivity index (χ3n) is 5.54. The zero-order chi connectivity index (χ0) is 24.2. The van der Waals surface area contributed by atoms with E-state index in [4.69, 9.17) is 4.74 Å². The van der Waals surface area contributed by atoms with Crippen LogP contribution in [0, 0.1) is 11.6 Å². The SMILES string of the molecule is CC(C)Oc1ccc(C(=O)N2CCC(c3nc(C(=O)Nc4ccc(F)c(F)c4)cs3)CC2)cc1. The van der Waals surface area contributed by atoms with Gasteiger partial charge in [0.2, 0.25) is 0 Å². The van der Waals surface area contributed by atoms with Gasteiger partial charge in [-0.2, -0.15) is 0 Å². The predicted molar refractivity (Wildman–Crippen MR) is 127 cm³/mol. The summed E-state index contributed by atoms with van der Waals surface area (Å²) >= 11 is 1.39. The van der Waals surface area contributed by atoms with Gasteiger partial charge in [0, 0.05) is 41.7 Å². The molecule has 0 saturated carbocycles. The van der Waals surface area contributed by atoms with E-state index in [0.717, 1.165) is 35.7 Å². The Morgan fingerprint density at radius 3 is 2.44 bits per heavy atom. The van der Waals surface area contributed by atoms with E-state index in [1.165, 1.54) is 17.4 Å². The van der Waals surface area contributed by atoms with E-state index in [-0.39, 0.29) is 29.3 Å². The number of nitrogens with zero attached hydrogens (tertiary/aromatic N) is 2. The lowest BCUT2D eigenvalue weighted by Gasteiger charge is -2.31. The number of hydrogen-bond acceptors (Lipinski definition) is 5. The van der Waals surface area contributed by atoms with Crippen LogP contribution in [-0.2, 0) is 0 Å². The van der Waals surface area contributed by atoms with E-state index in [0.29, 0.717) is 18.7 Å². The molecule has 0 unspecified atom stereocenters. The maximum absolute atomic E-state index is 13.4. The number of hydrogen-bond donors (Lipinski definition) is 1. The van der Waals surface area contributed by atoms with Crippen molar-refractivity contribution in [2.75, 3.05) is 18.4 Å². The van der Waals surface area contributed by atoms with E-state index < -0.39 is 17.5 Å². The zero-order valence-corrected chi connectivity index (χ0v) is 19.7. The maximum Gasteiger partial charge on any atom is 0.275 e. The molecule has 0 bridgehead atoms. The number of thiazole rings is 1. The molecule has 4 rings (SSSR count). The molecule has 0 radical (unpaired) electrons. The monoisotopic (exact) mass is 485 g/mol. The second-order valence-electron chi connectivity index (χ2n) is 8.41. The van der Waals surface area contributed by atoms with Crippen LogP contribution in [0.15, 0.2) is 47.8 Å². The fraction of sp³-hybridized carbons (Fsp3) is 0.320. The summed E-state index contributed by atoms with van der Waals surface area (Å²) in [5, 5.41) is 5.02. The molecule has 0 spiro atoms. The lowest BCUT2D eigenvalue weighted by molar-refractivity contribution is 0.0713. The smallest absolute Gasteiger partial charge is 0.275 e. The number of anilines is 1. The largest absolute Gasteiger partial charge is 0.491 e. The number of halogens is 2. The van der Waals surface area contributed by atoms with E-state index in [9.17, 15) is 18.4 Å². The molecule has 6 nitrogen and oxygen atoms in total. The van der Waals surface area contributed by atoms with E-state index in [1.807, 2.05) is 30.9 Å². The van der Waals surface area contributed by atoms with Crippen LogP contribution in [0.4, 0.5) is 14.5 Å². The summed E-state index contributed by atoms with van der Waals surface area (Å²) in [5.74, 6) is -1.61. The standard InChI is InChI=1S/C25H25F2N3O3S/c1-15(2)33-19-6-3-17(4-7-19)25(32)30-11-9-16(10-12-30)24-29-22(14-34-24)23(31)28-18-5-8-20(26)21(27)13-18/h3-8,13-16H,9-12H2,1-2H3,(H,28,31). The van der Waals surface area contributed by atoms with Crippen molar-refractivity contribution in [3.63, 3.8) is 0 Å². The van der Waals surface area contributed by atoms with Crippen molar-refractivity contribution in [2.45, 2.75) is 38.7 Å². The number of amides is 2. The number of likely N-dealkylation sites (tertiary alicyclic amines) is 1. The van der Waals surface area contributed by atoms with Gasteiger partial charge in [-0.1, -0.05) is 0 Å². The Hall–Kier alpha value is -3.33. The van der Waals surface area contributed by atoms with Gasteiger partial charge in [0.05, 0.1) is 11.1 Å². The highest BCUT2D eigenvalue weighted by Gasteiger charge is 2.27. The first-order valence-corrected chi connectivity index (χ1v) is 12.0. The first kappa shape index (κ1) is 23.8. The van der Waals surface area contributed by atoms with Gasteiger partial charge in [-0.25, -0.2) is 13.8 Å². The Balaban J connectivity index is 1.32. The van der Waals surface area contributed by atoms with Gasteiger partial charge in [0.1, 0.15) is 11.4 Å². The third kappa shape index (κ3) is 5.59. The molecule has 2 heterocycles. The number of nitrogens with one attached hydrogen (secondary N) is 1. The number of ether oxygens (including phenoxy) is 1. The Bertz CT molecular complexity index is 1170. The molecule has 1 aliphatic heterocycles. The van der Waals surface area contributed by atoms with Gasteiger partial charge >= 0.3 is 0 Å². The quantitative estimate of drug-likeness (QED) is 0.502. The number of rotatable bonds is 6. The number of carbonyl (C=O) groups excluding carboxylic acids is 2. The Morgan fingerprint density at radius 1 is 1.09 bits per heavy atom. The molecule has 178 valence electrons. The summed E-state index contributed by atoms with van der Waals surface area (Å²) in [5.41, 5.74) is 1.01. The molecule has 1 aromatic heterocycles. The molecule has 1 saturated heterocycles.